The maximum absolute atomic E-state index is 13.0. The maximum Gasteiger partial charge on any atom is 0.263 e. The van der Waals surface area contributed by atoms with Gasteiger partial charge in [0.1, 0.15) is 11.8 Å². The summed E-state index contributed by atoms with van der Waals surface area (Å²) in [5.74, 6) is 5.32. The Labute approximate surface area is 153 Å². The fourth-order valence-corrected chi connectivity index (χ4v) is 4.52. The van der Waals surface area contributed by atoms with Crippen LogP contribution in [0, 0.1) is 11.8 Å². The smallest absolute Gasteiger partial charge is 0.263 e. The Morgan fingerprint density at radius 1 is 1.42 bits per heavy atom. The number of ether oxygens (including phenoxy) is 1. The lowest BCUT2D eigenvalue weighted by molar-refractivity contribution is -0.134. The summed E-state index contributed by atoms with van der Waals surface area (Å²) in [7, 11) is -3.92. The van der Waals surface area contributed by atoms with E-state index in [1.54, 1.807) is 38.4 Å². The van der Waals surface area contributed by atoms with Crippen molar-refractivity contribution in [3.8, 4) is 17.6 Å². The molecule has 142 valence electrons. The molecule has 1 aromatic rings. The third-order valence-corrected chi connectivity index (χ3v) is 5.95. The molecule has 1 aromatic carbocycles. The number of hydroxylamine groups is 1. The minimum atomic E-state index is -3.92. The Morgan fingerprint density at radius 2 is 2.08 bits per heavy atom. The molecule has 26 heavy (non-hydrogen) atoms. The largest absolute Gasteiger partial charge is 0.478 e. The molecule has 1 saturated heterocycles. The lowest BCUT2D eigenvalue weighted by Gasteiger charge is -2.37. The van der Waals surface area contributed by atoms with Gasteiger partial charge in [-0.15, -0.1) is 5.92 Å². The molecule has 1 aliphatic rings. The van der Waals surface area contributed by atoms with E-state index in [-0.39, 0.29) is 17.5 Å². The summed E-state index contributed by atoms with van der Waals surface area (Å²) in [6, 6.07) is 4.46. The molecule has 0 radical (unpaired) electrons. The van der Waals surface area contributed by atoms with Crippen molar-refractivity contribution in [3.05, 3.63) is 24.3 Å². The highest BCUT2D eigenvalue weighted by Crippen LogP contribution is 2.24. The minimum Gasteiger partial charge on any atom is -0.478 e. The molecule has 3 atom stereocenters. The van der Waals surface area contributed by atoms with Crippen molar-refractivity contribution in [2.24, 2.45) is 0 Å². The Bertz CT molecular complexity index is 798. The number of nitrogens with zero attached hydrogens (tertiary/aromatic N) is 1. The van der Waals surface area contributed by atoms with Crippen molar-refractivity contribution in [2.45, 2.75) is 43.9 Å². The highest BCUT2D eigenvalue weighted by molar-refractivity contribution is 7.89. The Hall–Kier alpha value is -2.12. The highest BCUT2D eigenvalue weighted by Gasteiger charge is 2.41. The number of sulfonamides is 1. The summed E-state index contributed by atoms with van der Waals surface area (Å²) in [5, 5.41) is 12.0. The molecule has 0 aliphatic carbocycles. The third-order valence-electron chi connectivity index (χ3n) is 4.05. The summed E-state index contributed by atoms with van der Waals surface area (Å²) >= 11 is 0. The third kappa shape index (κ3) is 4.34. The molecule has 0 spiro atoms. The van der Waals surface area contributed by atoms with Crippen molar-refractivity contribution < 1.29 is 23.2 Å². The van der Waals surface area contributed by atoms with Gasteiger partial charge in [-0.05, 0) is 45.0 Å². The van der Waals surface area contributed by atoms with E-state index in [4.69, 9.17) is 9.94 Å². The van der Waals surface area contributed by atoms with Crippen LogP contribution >= 0.6 is 0 Å². The van der Waals surface area contributed by atoms with E-state index in [9.17, 15) is 13.2 Å². The van der Waals surface area contributed by atoms with Gasteiger partial charge in [0.25, 0.3) is 5.91 Å². The second-order valence-electron chi connectivity index (χ2n) is 5.91. The van der Waals surface area contributed by atoms with Gasteiger partial charge >= 0.3 is 0 Å². The van der Waals surface area contributed by atoms with Crippen molar-refractivity contribution in [2.75, 3.05) is 13.1 Å². The molecule has 3 N–H and O–H groups in total. The van der Waals surface area contributed by atoms with E-state index < -0.39 is 28.0 Å². The molecule has 1 aliphatic heterocycles. The predicted octanol–water partition coefficient (Wildman–Crippen LogP) is 0.334. The average molecular weight is 381 g/mol. The first kappa shape index (κ1) is 20.2. The predicted molar refractivity (Wildman–Crippen MR) is 95.1 cm³/mol. The van der Waals surface area contributed by atoms with Crippen molar-refractivity contribution in [1.29, 1.82) is 0 Å². The van der Waals surface area contributed by atoms with E-state index in [0.29, 0.717) is 12.3 Å². The lowest BCUT2D eigenvalue weighted by atomic mass is 10.1. The van der Waals surface area contributed by atoms with E-state index in [2.05, 4.69) is 17.2 Å². The number of hydrogen-bond acceptors (Lipinski definition) is 6. The van der Waals surface area contributed by atoms with Gasteiger partial charge in [-0.25, -0.2) is 13.9 Å². The summed E-state index contributed by atoms with van der Waals surface area (Å²) in [6.45, 7) is 5.72. The standard InChI is InChI=1S/C17H23N3O5S/c1-4-5-12(2)25-14-6-8-15(9-7-14)26(23,24)20-11-10-18-13(3)16(20)17(21)19-22/h6-9,12-13,16,18,22H,10-11H2,1-3H3,(H,19,21). The Morgan fingerprint density at radius 3 is 2.65 bits per heavy atom. The summed E-state index contributed by atoms with van der Waals surface area (Å²) in [5.41, 5.74) is 1.54. The normalized spacial score (nSPS) is 22.0. The van der Waals surface area contributed by atoms with Crippen LogP contribution in [-0.4, -0.2) is 55.1 Å². The quantitative estimate of drug-likeness (QED) is 0.386. The van der Waals surface area contributed by atoms with Crippen molar-refractivity contribution in [3.63, 3.8) is 0 Å². The average Bonchev–Trinajstić information content (AvgIpc) is 2.61. The number of piperazine rings is 1. The molecule has 1 amide bonds. The zero-order valence-electron chi connectivity index (χ0n) is 14.9. The summed E-state index contributed by atoms with van der Waals surface area (Å²) < 4.78 is 32.6. The fraction of sp³-hybridized carbons (Fsp3) is 0.471. The first-order chi connectivity index (χ1) is 12.3. The molecule has 0 aromatic heterocycles. The monoisotopic (exact) mass is 381 g/mol. The number of carbonyl (C=O) groups excluding carboxylic acids is 1. The lowest BCUT2D eigenvalue weighted by Crippen LogP contribution is -2.63. The van der Waals surface area contributed by atoms with Crippen LogP contribution in [0.1, 0.15) is 20.8 Å². The minimum absolute atomic E-state index is 0.0453. The van der Waals surface area contributed by atoms with Crippen LogP contribution in [0.25, 0.3) is 0 Å². The van der Waals surface area contributed by atoms with Gasteiger partial charge in [0.05, 0.1) is 4.90 Å². The molecule has 8 nitrogen and oxygen atoms in total. The van der Waals surface area contributed by atoms with Crippen LogP contribution in [0.15, 0.2) is 29.2 Å². The van der Waals surface area contributed by atoms with Gasteiger partial charge in [0, 0.05) is 19.1 Å². The molecule has 9 heteroatoms. The SMILES string of the molecule is CC#CC(C)Oc1ccc(S(=O)(=O)N2CCNC(C)C2C(=O)NO)cc1. The molecule has 1 fully saturated rings. The van der Waals surface area contributed by atoms with Crippen LogP contribution in [-0.2, 0) is 14.8 Å². The van der Waals surface area contributed by atoms with Gasteiger partial charge in [-0.2, -0.15) is 4.31 Å². The second-order valence-corrected chi connectivity index (χ2v) is 7.80. The van der Waals surface area contributed by atoms with Crippen molar-refractivity contribution in [1.82, 2.24) is 15.1 Å². The van der Waals surface area contributed by atoms with Gasteiger partial charge in [-0.1, -0.05) is 5.92 Å². The first-order valence-corrected chi connectivity index (χ1v) is 9.63. The molecule has 0 bridgehead atoms. The molecule has 3 unspecified atom stereocenters. The number of rotatable bonds is 5. The van der Waals surface area contributed by atoms with Gasteiger partial charge in [0.15, 0.2) is 6.10 Å². The van der Waals surface area contributed by atoms with Crippen LogP contribution < -0.4 is 15.5 Å². The number of hydrogen-bond donors (Lipinski definition) is 3. The molecule has 1 heterocycles. The van der Waals surface area contributed by atoms with Crippen LogP contribution in [0.3, 0.4) is 0 Å². The first-order valence-electron chi connectivity index (χ1n) is 8.19. The van der Waals surface area contributed by atoms with E-state index >= 15 is 0 Å². The van der Waals surface area contributed by atoms with E-state index in [1.165, 1.54) is 12.1 Å². The summed E-state index contributed by atoms with van der Waals surface area (Å²) in [4.78, 5) is 12.0. The van der Waals surface area contributed by atoms with Gasteiger partial charge in [0.2, 0.25) is 10.0 Å². The van der Waals surface area contributed by atoms with Crippen LogP contribution in [0.5, 0.6) is 5.75 Å². The maximum atomic E-state index is 13.0. The molecular formula is C17H23N3O5S. The van der Waals surface area contributed by atoms with E-state index in [0.717, 1.165) is 4.31 Å². The van der Waals surface area contributed by atoms with Gasteiger partial charge < -0.3 is 10.1 Å². The van der Waals surface area contributed by atoms with Crippen LogP contribution in [0.4, 0.5) is 0 Å². The number of amides is 1. The zero-order valence-corrected chi connectivity index (χ0v) is 15.7. The number of nitrogens with one attached hydrogen (secondary N) is 2. The molecule has 2 rings (SSSR count). The van der Waals surface area contributed by atoms with Crippen LogP contribution in [0.2, 0.25) is 0 Å². The van der Waals surface area contributed by atoms with Gasteiger partial charge in [-0.3, -0.25) is 10.0 Å². The highest BCUT2D eigenvalue weighted by atomic mass is 32.2. The number of benzene rings is 1. The topological polar surface area (TPSA) is 108 Å². The van der Waals surface area contributed by atoms with E-state index in [1.807, 2.05) is 0 Å². The number of carbonyl (C=O) groups is 1. The summed E-state index contributed by atoms with van der Waals surface area (Å²) in [6.07, 6.45) is -0.311. The molecule has 0 saturated carbocycles. The molecular weight excluding hydrogens is 358 g/mol. The second kappa shape index (κ2) is 8.51. The zero-order chi connectivity index (χ0) is 19.3. The van der Waals surface area contributed by atoms with Crippen molar-refractivity contribution >= 4 is 15.9 Å². The fourth-order valence-electron chi connectivity index (χ4n) is 2.86. The Kier molecular flexibility index (Phi) is 6.61. The Balaban J connectivity index is 2.27.